The highest BCUT2D eigenvalue weighted by molar-refractivity contribution is 6.22. The van der Waals surface area contributed by atoms with Gasteiger partial charge in [-0.15, -0.1) is 0 Å². The number of imide groups is 1. The lowest BCUT2D eigenvalue weighted by molar-refractivity contribution is -0.123. The summed E-state index contributed by atoms with van der Waals surface area (Å²) >= 11 is 0. The van der Waals surface area contributed by atoms with Gasteiger partial charge in [-0.25, -0.2) is 4.99 Å². The zero-order chi connectivity index (χ0) is 20.0. The van der Waals surface area contributed by atoms with E-state index in [1.54, 1.807) is 0 Å². The molecule has 0 aromatic heterocycles. The summed E-state index contributed by atoms with van der Waals surface area (Å²) in [7, 11) is 0. The summed E-state index contributed by atoms with van der Waals surface area (Å²) in [6, 6.07) is 15.4. The van der Waals surface area contributed by atoms with Crippen molar-refractivity contribution < 1.29 is 14.8 Å². The monoisotopic (exact) mass is 387 g/mol. The Bertz CT molecular complexity index is 981. The maximum absolute atomic E-state index is 12.9. The lowest BCUT2D eigenvalue weighted by Crippen LogP contribution is -2.32. The van der Waals surface area contributed by atoms with E-state index >= 15 is 0 Å². The smallest absolute Gasteiger partial charge is 0.238 e. The molecule has 4 unspecified atom stereocenters. The molecule has 146 valence electrons. The molecule has 3 aliphatic rings. The fourth-order valence-corrected chi connectivity index (χ4v) is 4.96. The average Bonchev–Trinajstić information content (AvgIpc) is 3.42. The Balaban J connectivity index is 1.30. The number of hydroxylamine groups is 1. The van der Waals surface area contributed by atoms with Gasteiger partial charge in [-0.1, -0.05) is 36.4 Å². The molecular formula is C23H21N3O3. The van der Waals surface area contributed by atoms with Gasteiger partial charge in [-0.3, -0.25) is 25.2 Å². The number of allylic oxidation sites excluding steroid dienone is 2. The molecule has 0 radical (unpaired) electrons. The molecule has 2 N–H and O–H groups in total. The van der Waals surface area contributed by atoms with E-state index < -0.39 is 0 Å². The highest BCUT2D eigenvalue weighted by Gasteiger charge is 2.59. The molecule has 1 saturated carbocycles. The number of hydrogen-bond acceptors (Lipinski definition) is 4. The van der Waals surface area contributed by atoms with E-state index in [0.29, 0.717) is 5.69 Å². The Morgan fingerprint density at radius 2 is 1.48 bits per heavy atom. The van der Waals surface area contributed by atoms with Gasteiger partial charge in [0.15, 0.2) is 0 Å². The summed E-state index contributed by atoms with van der Waals surface area (Å²) in [5, 5.41) is 8.54. The van der Waals surface area contributed by atoms with Gasteiger partial charge in [0.25, 0.3) is 0 Å². The number of benzene rings is 2. The summed E-state index contributed by atoms with van der Waals surface area (Å²) in [5.74, 6) is 0.0346. The van der Waals surface area contributed by atoms with E-state index in [1.807, 2.05) is 54.0 Å². The number of aliphatic imine (C=N–C) groups is 1. The van der Waals surface area contributed by atoms with Crippen molar-refractivity contribution >= 4 is 29.5 Å². The molecule has 2 aromatic carbocycles. The highest BCUT2D eigenvalue weighted by Crippen LogP contribution is 2.53. The van der Waals surface area contributed by atoms with Crippen molar-refractivity contribution in [3.63, 3.8) is 0 Å². The molecule has 2 amide bonds. The Kier molecular flexibility index (Phi) is 4.28. The lowest BCUT2D eigenvalue weighted by Gasteiger charge is -2.17. The van der Waals surface area contributed by atoms with Gasteiger partial charge >= 0.3 is 0 Å². The van der Waals surface area contributed by atoms with E-state index in [9.17, 15) is 9.59 Å². The standard InChI is InChI=1S/C23H21N3O3/c27-22-20-16-5-6-17(12-16)21(20)23(28)26(22)19-9-3-15(4-10-19)11-14-1-7-18(8-2-14)24-13-25-29/h1-10,13,16-17,20-21,29H,11-12H2,(H,24,25). The quantitative estimate of drug-likeness (QED) is 0.271. The first-order chi connectivity index (χ1) is 14.2. The predicted octanol–water partition coefficient (Wildman–Crippen LogP) is 3.23. The van der Waals surface area contributed by atoms with Crippen molar-refractivity contribution in [1.82, 2.24) is 5.48 Å². The van der Waals surface area contributed by atoms with Crippen molar-refractivity contribution in [2.75, 3.05) is 4.90 Å². The Hall–Kier alpha value is -3.25. The number of carbonyl (C=O) groups excluding carboxylic acids is 2. The van der Waals surface area contributed by atoms with Crippen LogP contribution in [0.15, 0.2) is 65.7 Å². The average molecular weight is 387 g/mol. The van der Waals surface area contributed by atoms with E-state index in [0.717, 1.165) is 29.7 Å². The number of carbonyl (C=O) groups is 2. The SMILES string of the molecule is O=C1C2C3C=CC(C3)C2C(=O)N1c1ccc(Cc2ccc(N=CNO)cc2)cc1. The van der Waals surface area contributed by atoms with Crippen LogP contribution in [0.1, 0.15) is 17.5 Å². The maximum atomic E-state index is 12.9. The summed E-state index contributed by atoms with van der Waals surface area (Å²) in [5.41, 5.74) is 5.51. The number of amides is 2. The second kappa shape index (κ2) is 6.97. The molecule has 2 aliphatic carbocycles. The zero-order valence-electron chi connectivity index (χ0n) is 15.7. The number of anilines is 1. The summed E-state index contributed by atoms with van der Waals surface area (Å²) in [6.45, 7) is 0. The third kappa shape index (κ3) is 2.96. The van der Waals surface area contributed by atoms with Gasteiger partial charge < -0.3 is 0 Å². The van der Waals surface area contributed by atoms with Crippen molar-refractivity contribution in [3.05, 3.63) is 71.8 Å². The van der Waals surface area contributed by atoms with Crippen molar-refractivity contribution in [2.24, 2.45) is 28.7 Å². The van der Waals surface area contributed by atoms with Crippen LogP contribution < -0.4 is 10.4 Å². The molecule has 1 aliphatic heterocycles. The topological polar surface area (TPSA) is 82.0 Å². The molecule has 29 heavy (non-hydrogen) atoms. The maximum Gasteiger partial charge on any atom is 0.238 e. The van der Waals surface area contributed by atoms with E-state index in [1.165, 1.54) is 11.2 Å². The second-order valence-corrected chi connectivity index (χ2v) is 7.91. The van der Waals surface area contributed by atoms with E-state index in [-0.39, 0.29) is 35.5 Å². The summed E-state index contributed by atoms with van der Waals surface area (Å²) < 4.78 is 0. The molecule has 1 heterocycles. The lowest BCUT2D eigenvalue weighted by atomic mass is 9.85. The number of hydrogen-bond donors (Lipinski definition) is 2. The van der Waals surface area contributed by atoms with Crippen molar-refractivity contribution in [2.45, 2.75) is 12.8 Å². The normalized spacial score (nSPS) is 27.3. The van der Waals surface area contributed by atoms with Crippen molar-refractivity contribution in [1.29, 1.82) is 0 Å². The number of fused-ring (bicyclic) bond motifs is 5. The number of nitrogens with zero attached hydrogens (tertiary/aromatic N) is 2. The second-order valence-electron chi connectivity index (χ2n) is 7.91. The molecule has 2 bridgehead atoms. The zero-order valence-corrected chi connectivity index (χ0v) is 15.7. The van der Waals surface area contributed by atoms with Gasteiger partial charge in [0, 0.05) is 0 Å². The van der Waals surface area contributed by atoms with Crippen LogP contribution in [-0.2, 0) is 16.0 Å². The van der Waals surface area contributed by atoms with Crippen LogP contribution in [0, 0.1) is 23.7 Å². The minimum absolute atomic E-state index is 0.0434. The first-order valence-electron chi connectivity index (χ1n) is 9.82. The molecule has 4 atom stereocenters. The fraction of sp³-hybridized carbons (Fsp3) is 0.261. The van der Waals surface area contributed by atoms with Gasteiger partial charge in [0.2, 0.25) is 11.8 Å². The van der Waals surface area contributed by atoms with Gasteiger partial charge in [-0.2, -0.15) is 0 Å². The fourth-order valence-electron chi connectivity index (χ4n) is 4.96. The molecule has 6 heteroatoms. The molecule has 2 aromatic rings. The Morgan fingerprint density at radius 3 is 2.03 bits per heavy atom. The van der Waals surface area contributed by atoms with E-state index in [2.05, 4.69) is 17.1 Å². The minimum atomic E-state index is -0.167. The van der Waals surface area contributed by atoms with Crippen LogP contribution in [0.3, 0.4) is 0 Å². The van der Waals surface area contributed by atoms with Crippen LogP contribution >= 0.6 is 0 Å². The Labute approximate surface area is 168 Å². The van der Waals surface area contributed by atoms with Crippen LogP contribution in [0.4, 0.5) is 11.4 Å². The van der Waals surface area contributed by atoms with Crippen LogP contribution in [-0.4, -0.2) is 23.4 Å². The number of nitrogens with one attached hydrogen (secondary N) is 1. The first kappa shape index (κ1) is 17.8. The molecule has 0 spiro atoms. The third-order valence-corrected chi connectivity index (χ3v) is 6.28. The summed E-state index contributed by atoms with van der Waals surface area (Å²) in [6.07, 6.45) is 7.12. The van der Waals surface area contributed by atoms with Crippen LogP contribution in [0.2, 0.25) is 0 Å². The molecule has 1 saturated heterocycles. The Morgan fingerprint density at radius 1 is 0.931 bits per heavy atom. The van der Waals surface area contributed by atoms with Gasteiger partial charge in [0.05, 0.1) is 23.2 Å². The first-order valence-corrected chi connectivity index (χ1v) is 9.82. The predicted molar refractivity (Wildman–Crippen MR) is 109 cm³/mol. The van der Waals surface area contributed by atoms with Gasteiger partial charge in [-0.05, 0) is 60.1 Å². The molecular weight excluding hydrogens is 366 g/mol. The molecule has 2 fully saturated rings. The minimum Gasteiger partial charge on any atom is -0.290 e. The highest BCUT2D eigenvalue weighted by atomic mass is 16.5. The van der Waals surface area contributed by atoms with Crippen LogP contribution in [0.5, 0.6) is 0 Å². The molecule has 5 rings (SSSR count). The third-order valence-electron chi connectivity index (χ3n) is 6.28. The summed E-state index contributed by atoms with van der Waals surface area (Å²) in [4.78, 5) is 31.2. The van der Waals surface area contributed by atoms with E-state index in [4.69, 9.17) is 5.21 Å². The van der Waals surface area contributed by atoms with Crippen molar-refractivity contribution in [3.8, 4) is 0 Å². The number of rotatable bonds is 5. The van der Waals surface area contributed by atoms with Gasteiger partial charge in [0.1, 0.15) is 6.34 Å². The molecule has 6 nitrogen and oxygen atoms in total. The largest absolute Gasteiger partial charge is 0.290 e. The van der Waals surface area contributed by atoms with Crippen LogP contribution in [0.25, 0.3) is 0 Å².